The fraction of sp³-hybridized carbons (Fsp3) is 0.571. The summed E-state index contributed by atoms with van der Waals surface area (Å²) in [7, 11) is 0. The van der Waals surface area contributed by atoms with Crippen LogP contribution in [0.3, 0.4) is 0 Å². The molecule has 0 saturated carbocycles. The van der Waals surface area contributed by atoms with E-state index in [2.05, 4.69) is 0 Å². The highest BCUT2D eigenvalue weighted by atomic mass is 19.1. The maximum atomic E-state index is 14.0. The van der Waals surface area contributed by atoms with Crippen molar-refractivity contribution in [3.05, 3.63) is 35.6 Å². The smallest absolute Gasteiger partial charge is 0.257 e. The van der Waals surface area contributed by atoms with E-state index in [4.69, 9.17) is 0 Å². The van der Waals surface area contributed by atoms with Gasteiger partial charge in [-0.25, -0.2) is 4.39 Å². The molecule has 0 radical (unpaired) electrons. The van der Waals surface area contributed by atoms with Gasteiger partial charge in [0.15, 0.2) is 0 Å². The van der Waals surface area contributed by atoms with Crippen LogP contribution in [0.25, 0.3) is 0 Å². The molecule has 1 atom stereocenters. The van der Waals surface area contributed by atoms with Crippen LogP contribution in [0.5, 0.6) is 0 Å². The Bertz CT molecular complexity index is 776. The summed E-state index contributed by atoms with van der Waals surface area (Å²) in [6.07, 6.45) is 4.48. The molecule has 0 aliphatic carbocycles. The van der Waals surface area contributed by atoms with Crippen molar-refractivity contribution < 1.29 is 18.8 Å². The maximum Gasteiger partial charge on any atom is 0.257 e. The molecule has 3 saturated heterocycles. The molecule has 6 nitrogen and oxygen atoms in total. The number of carbonyl (C=O) groups is 3. The SMILES string of the molecule is O=C(C1CCCN1C(=O)c1ccccc1F)N1CCC(N2CCCC2=O)CC1. The third kappa shape index (κ3) is 3.50. The second-order valence-corrected chi connectivity index (χ2v) is 7.88. The van der Waals surface area contributed by atoms with E-state index in [1.807, 2.05) is 9.80 Å². The van der Waals surface area contributed by atoms with Crippen molar-refractivity contribution in [2.24, 2.45) is 0 Å². The van der Waals surface area contributed by atoms with Gasteiger partial charge in [-0.2, -0.15) is 0 Å². The zero-order valence-corrected chi connectivity index (χ0v) is 16.0. The summed E-state index contributed by atoms with van der Waals surface area (Å²) >= 11 is 0. The number of carbonyl (C=O) groups excluding carboxylic acids is 3. The van der Waals surface area contributed by atoms with Crippen molar-refractivity contribution in [2.75, 3.05) is 26.2 Å². The summed E-state index contributed by atoms with van der Waals surface area (Å²) in [5.74, 6) is -0.788. The highest BCUT2D eigenvalue weighted by Crippen LogP contribution is 2.26. The molecule has 1 aromatic carbocycles. The Labute approximate surface area is 164 Å². The number of benzene rings is 1. The lowest BCUT2D eigenvalue weighted by molar-refractivity contribution is -0.137. The van der Waals surface area contributed by atoms with Crippen molar-refractivity contribution in [1.82, 2.24) is 14.7 Å². The second-order valence-electron chi connectivity index (χ2n) is 7.88. The Kier molecular flexibility index (Phi) is 5.33. The largest absolute Gasteiger partial charge is 0.341 e. The predicted molar refractivity (Wildman–Crippen MR) is 101 cm³/mol. The van der Waals surface area contributed by atoms with E-state index in [0.717, 1.165) is 32.2 Å². The molecule has 0 aromatic heterocycles. The lowest BCUT2D eigenvalue weighted by Crippen LogP contribution is -2.52. The van der Waals surface area contributed by atoms with E-state index >= 15 is 0 Å². The average Bonchev–Trinajstić information content (AvgIpc) is 3.36. The van der Waals surface area contributed by atoms with Crippen LogP contribution in [0.4, 0.5) is 4.39 Å². The number of amides is 3. The molecule has 0 N–H and O–H groups in total. The Morgan fingerprint density at radius 2 is 1.71 bits per heavy atom. The van der Waals surface area contributed by atoms with E-state index in [9.17, 15) is 18.8 Å². The highest BCUT2D eigenvalue weighted by molar-refractivity contribution is 5.98. The van der Waals surface area contributed by atoms with Crippen LogP contribution < -0.4 is 0 Å². The van der Waals surface area contributed by atoms with Gasteiger partial charge in [0, 0.05) is 38.6 Å². The van der Waals surface area contributed by atoms with Gasteiger partial charge in [-0.3, -0.25) is 14.4 Å². The first kappa shape index (κ1) is 18.9. The van der Waals surface area contributed by atoms with Gasteiger partial charge in [-0.05, 0) is 44.2 Å². The van der Waals surface area contributed by atoms with Crippen LogP contribution in [0.1, 0.15) is 48.9 Å². The van der Waals surface area contributed by atoms with Crippen molar-refractivity contribution in [2.45, 2.75) is 50.6 Å². The summed E-state index contributed by atoms with van der Waals surface area (Å²) < 4.78 is 14.0. The van der Waals surface area contributed by atoms with Gasteiger partial charge in [-0.1, -0.05) is 12.1 Å². The normalized spacial score (nSPS) is 23.5. The van der Waals surface area contributed by atoms with E-state index in [0.29, 0.717) is 32.5 Å². The molecule has 7 heteroatoms. The Balaban J connectivity index is 1.40. The van der Waals surface area contributed by atoms with Crippen molar-refractivity contribution >= 4 is 17.7 Å². The third-order valence-corrected chi connectivity index (χ3v) is 6.23. The summed E-state index contributed by atoms with van der Waals surface area (Å²) in [6, 6.07) is 5.62. The molecule has 1 unspecified atom stereocenters. The molecule has 4 rings (SSSR count). The summed E-state index contributed by atoms with van der Waals surface area (Å²) in [5.41, 5.74) is 0.0217. The molecule has 3 fully saturated rings. The number of rotatable bonds is 3. The zero-order chi connectivity index (χ0) is 19.7. The van der Waals surface area contributed by atoms with Gasteiger partial charge >= 0.3 is 0 Å². The zero-order valence-electron chi connectivity index (χ0n) is 16.0. The van der Waals surface area contributed by atoms with Crippen LogP contribution in [0, 0.1) is 5.82 Å². The van der Waals surface area contributed by atoms with Gasteiger partial charge < -0.3 is 14.7 Å². The lowest BCUT2D eigenvalue weighted by atomic mass is 10.0. The molecule has 0 bridgehead atoms. The Morgan fingerprint density at radius 1 is 0.964 bits per heavy atom. The van der Waals surface area contributed by atoms with Gasteiger partial charge in [0.1, 0.15) is 11.9 Å². The minimum absolute atomic E-state index is 0.0217. The predicted octanol–water partition coefficient (Wildman–Crippen LogP) is 2.04. The van der Waals surface area contributed by atoms with Crippen molar-refractivity contribution in [3.8, 4) is 0 Å². The lowest BCUT2D eigenvalue weighted by Gasteiger charge is -2.38. The van der Waals surface area contributed by atoms with E-state index < -0.39 is 17.8 Å². The number of hydrogen-bond donors (Lipinski definition) is 0. The molecule has 3 heterocycles. The number of piperidine rings is 1. The number of halogens is 1. The first-order chi connectivity index (χ1) is 13.6. The first-order valence-electron chi connectivity index (χ1n) is 10.2. The fourth-order valence-electron chi connectivity index (χ4n) is 4.72. The Morgan fingerprint density at radius 3 is 2.39 bits per heavy atom. The van der Waals surface area contributed by atoms with Crippen LogP contribution in [0.15, 0.2) is 24.3 Å². The summed E-state index contributed by atoms with van der Waals surface area (Å²) in [5, 5.41) is 0. The van der Waals surface area contributed by atoms with Crippen molar-refractivity contribution in [3.63, 3.8) is 0 Å². The summed E-state index contributed by atoms with van der Waals surface area (Å²) in [4.78, 5) is 43.1. The fourth-order valence-corrected chi connectivity index (χ4v) is 4.72. The molecule has 1 aromatic rings. The molecule has 150 valence electrons. The average molecular weight is 387 g/mol. The number of likely N-dealkylation sites (tertiary alicyclic amines) is 3. The van der Waals surface area contributed by atoms with E-state index in [1.54, 1.807) is 12.1 Å². The molecular weight excluding hydrogens is 361 g/mol. The minimum Gasteiger partial charge on any atom is -0.341 e. The van der Waals surface area contributed by atoms with Gasteiger partial charge in [0.25, 0.3) is 5.91 Å². The third-order valence-electron chi connectivity index (χ3n) is 6.23. The highest BCUT2D eigenvalue weighted by Gasteiger charge is 2.39. The van der Waals surface area contributed by atoms with Crippen molar-refractivity contribution in [1.29, 1.82) is 0 Å². The van der Waals surface area contributed by atoms with E-state index in [1.165, 1.54) is 17.0 Å². The monoisotopic (exact) mass is 387 g/mol. The first-order valence-corrected chi connectivity index (χ1v) is 10.2. The minimum atomic E-state index is -0.554. The quantitative estimate of drug-likeness (QED) is 0.798. The number of hydrogen-bond acceptors (Lipinski definition) is 3. The molecule has 28 heavy (non-hydrogen) atoms. The van der Waals surface area contributed by atoms with Crippen LogP contribution in [-0.4, -0.2) is 70.7 Å². The second kappa shape index (κ2) is 7.89. The standard InChI is InChI=1S/C21H26FN3O3/c22-17-6-2-1-5-16(17)20(27)25-12-3-7-18(25)21(28)23-13-9-15(10-14-23)24-11-4-8-19(24)26/h1-2,5-6,15,18H,3-4,7-14H2. The van der Waals surface area contributed by atoms with Gasteiger partial charge in [-0.15, -0.1) is 0 Å². The molecule has 3 amide bonds. The van der Waals surface area contributed by atoms with Crippen LogP contribution in [0.2, 0.25) is 0 Å². The maximum absolute atomic E-state index is 14.0. The number of nitrogens with zero attached hydrogens (tertiary/aromatic N) is 3. The van der Waals surface area contributed by atoms with Crippen LogP contribution in [-0.2, 0) is 9.59 Å². The van der Waals surface area contributed by atoms with Crippen LogP contribution >= 0.6 is 0 Å². The van der Waals surface area contributed by atoms with Gasteiger partial charge in [0.05, 0.1) is 5.56 Å². The topological polar surface area (TPSA) is 60.9 Å². The Hall–Kier alpha value is -2.44. The van der Waals surface area contributed by atoms with Gasteiger partial charge in [0.2, 0.25) is 11.8 Å². The molecule has 3 aliphatic heterocycles. The molecule has 3 aliphatic rings. The summed E-state index contributed by atoms with van der Waals surface area (Å²) in [6.45, 7) is 2.50. The van der Waals surface area contributed by atoms with E-state index in [-0.39, 0.29) is 23.4 Å². The molecular formula is C21H26FN3O3. The molecule has 0 spiro atoms.